The highest BCUT2D eigenvalue weighted by molar-refractivity contribution is 14.2. The molecule has 0 fully saturated rings. The fourth-order valence-electron chi connectivity index (χ4n) is 0.266. The molecule has 0 unspecified atom stereocenters. The van der Waals surface area contributed by atoms with Crippen molar-refractivity contribution < 1.29 is 19.8 Å². The van der Waals surface area contributed by atoms with E-state index in [0.717, 1.165) is 0 Å². The van der Waals surface area contributed by atoms with Crippen molar-refractivity contribution in [3.05, 3.63) is 0 Å². The average molecular weight is 370 g/mol. The summed E-state index contributed by atoms with van der Waals surface area (Å²) in [5, 5.41) is 16.6. The van der Waals surface area contributed by atoms with Gasteiger partial charge in [-0.1, -0.05) is 45.2 Å². The van der Waals surface area contributed by atoms with Gasteiger partial charge in [0.2, 0.25) is 0 Å². The van der Waals surface area contributed by atoms with E-state index in [2.05, 4.69) is 0 Å². The third kappa shape index (κ3) is 3.54. The van der Waals surface area contributed by atoms with Crippen LogP contribution in [0, 0.1) is 0 Å². The predicted molar refractivity (Wildman–Crippen MR) is 50.7 cm³/mol. The first-order chi connectivity index (χ1) is 4.36. The molecule has 0 bridgehead atoms. The molecule has 0 saturated carbocycles. The second-order valence-electron chi connectivity index (χ2n) is 1.58. The lowest BCUT2D eigenvalue weighted by molar-refractivity contribution is -0.143. The Labute approximate surface area is 84.3 Å². The Morgan fingerprint density at radius 2 is 1.70 bits per heavy atom. The van der Waals surface area contributed by atoms with Crippen molar-refractivity contribution in [3.8, 4) is 0 Å². The van der Waals surface area contributed by atoms with Gasteiger partial charge in [0.05, 0.1) is 6.42 Å². The monoisotopic (exact) mass is 370 g/mol. The minimum Gasteiger partial charge on any atom is -0.481 e. The van der Waals surface area contributed by atoms with Gasteiger partial charge in [0.1, 0.15) is 0 Å². The number of halogens is 2. The quantitative estimate of drug-likeness (QED) is 0.577. The van der Waals surface area contributed by atoms with Crippen LogP contribution >= 0.6 is 45.2 Å². The number of hydrogen-bond acceptors (Lipinski definition) is 2. The van der Waals surface area contributed by atoms with E-state index in [-0.39, 0.29) is 6.42 Å². The van der Waals surface area contributed by atoms with Crippen LogP contribution in [0.15, 0.2) is 0 Å². The van der Waals surface area contributed by atoms with Gasteiger partial charge in [-0.3, -0.25) is 4.79 Å². The summed E-state index contributed by atoms with van der Waals surface area (Å²) in [7, 11) is 0. The molecule has 0 saturated heterocycles. The molecule has 0 aliphatic rings. The lowest BCUT2D eigenvalue weighted by Gasteiger charge is -2.10. The molecule has 0 atom stereocenters. The SMILES string of the molecule is O=C(O)CC(I)(I)C(=O)O. The average Bonchev–Trinajstić information content (AvgIpc) is 1.60. The molecule has 4 nitrogen and oxygen atoms in total. The first-order valence-corrected chi connectivity index (χ1v) is 4.35. The number of carboxylic acid groups (broad SMARTS) is 2. The minimum atomic E-state index is -1.22. The highest BCUT2D eigenvalue weighted by atomic mass is 127. The molecule has 0 radical (unpaired) electrons. The van der Waals surface area contributed by atoms with Gasteiger partial charge in [0.25, 0.3) is 0 Å². The zero-order valence-electron chi connectivity index (χ0n) is 4.67. The lowest BCUT2D eigenvalue weighted by Crippen LogP contribution is -2.26. The van der Waals surface area contributed by atoms with Crippen molar-refractivity contribution in [1.82, 2.24) is 0 Å². The molecule has 0 spiro atoms. The van der Waals surface area contributed by atoms with Crippen molar-refractivity contribution in [2.24, 2.45) is 0 Å². The van der Waals surface area contributed by atoms with E-state index in [0.29, 0.717) is 0 Å². The molecule has 0 aliphatic carbocycles. The zero-order valence-corrected chi connectivity index (χ0v) is 8.99. The molecule has 10 heavy (non-hydrogen) atoms. The van der Waals surface area contributed by atoms with Crippen LogP contribution in [0.3, 0.4) is 0 Å². The molecule has 2 N–H and O–H groups in total. The summed E-state index contributed by atoms with van der Waals surface area (Å²) in [5.41, 5.74) is 0. The number of rotatable bonds is 3. The maximum Gasteiger partial charge on any atom is 0.330 e. The van der Waals surface area contributed by atoms with Crippen LogP contribution in [0.1, 0.15) is 6.42 Å². The molecule has 0 amide bonds. The van der Waals surface area contributed by atoms with Crippen LogP contribution in [0.4, 0.5) is 0 Å². The standard InChI is InChI=1S/C4H4I2O4/c5-4(6,3(9)10)1-2(7)8/h1H2,(H,7,8)(H,9,10). The lowest BCUT2D eigenvalue weighted by atomic mass is 10.3. The van der Waals surface area contributed by atoms with E-state index >= 15 is 0 Å². The molecule has 6 heteroatoms. The van der Waals surface area contributed by atoms with Crippen LogP contribution in [0.2, 0.25) is 0 Å². The molecule has 0 aromatic carbocycles. The summed E-state index contributed by atoms with van der Waals surface area (Å²) in [6.45, 7) is 0. The summed E-state index contributed by atoms with van der Waals surface area (Å²) < 4.78 is -1.22. The third-order valence-electron chi connectivity index (χ3n) is 0.686. The van der Waals surface area contributed by atoms with Crippen molar-refractivity contribution in [2.75, 3.05) is 0 Å². The molecule has 0 rings (SSSR count). The molecule has 0 aromatic heterocycles. The van der Waals surface area contributed by atoms with E-state index in [1.54, 1.807) is 45.2 Å². The van der Waals surface area contributed by atoms with Crippen LogP contribution in [-0.2, 0) is 9.59 Å². The van der Waals surface area contributed by atoms with Gasteiger partial charge in [-0.15, -0.1) is 0 Å². The summed E-state index contributed by atoms with van der Waals surface area (Å²) in [6.07, 6.45) is -0.372. The largest absolute Gasteiger partial charge is 0.481 e. The van der Waals surface area contributed by atoms with E-state index in [1.165, 1.54) is 0 Å². The topological polar surface area (TPSA) is 74.6 Å². The van der Waals surface area contributed by atoms with E-state index in [9.17, 15) is 9.59 Å². The molecule has 0 aromatic rings. The Kier molecular flexibility index (Phi) is 3.84. The zero-order chi connectivity index (χ0) is 8.36. The smallest absolute Gasteiger partial charge is 0.330 e. The molecular formula is C4H4I2O4. The predicted octanol–water partition coefficient (Wildman–Crippen LogP) is 1.11. The van der Waals surface area contributed by atoms with Crippen LogP contribution < -0.4 is 0 Å². The number of hydrogen-bond donors (Lipinski definition) is 2. The first-order valence-electron chi connectivity index (χ1n) is 2.19. The van der Waals surface area contributed by atoms with Gasteiger partial charge in [0.15, 0.2) is 1.43 Å². The normalized spacial score (nSPS) is 11.0. The van der Waals surface area contributed by atoms with Gasteiger partial charge in [-0.25, -0.2) is 4.79 Å². The van der Waals surface area contributed by atoms with E-state index in [1.807, 2.05) is 0 Å². The maximum absolute atomic E-state index is 10.3. The molecule has 0 heterocycles. The Hall–Kier alpha value is 0.400. The summed E-state index contributed by atoms with van der Waals surface area (Å²) >= 11 is 3.17. The fraction of sp³-hybridized carbons (Fsp3) is 0.500. The number of aliphatic carboxylic acids is 2. The van der Waals surface area contributed by atoms with E-state index in [4.69, 9.17) is 10.2 Å². The highest BCUT2D eigenvalue weighted by Crippen LogP contribution is 2.31. The summed E-state index contributed by atoms with van der Waals surface area (Å²) in [6, 6.07) is 0. The van der Waals surface area contributed by atoms with Gasteiger partial charge < -0.3 is 10.2 Å². The Bertz CT molecular complexity index is 165. The van der Waals surface area contributed by atoms with Gasteiger partial charge in [-0.2, -0.15) is 0 Å². The van der Waals surface area contributed by atoms with Crippen molar-refractivity contribution in [2.45, 2.75) is 7.85 Å². The third-order valence-corrected chi connectivity index (χ3v) is 2.37. The van der Waals surface area contributed by atoms with Gasteiger partial charge in [-0.05, 0) is 0 Å². The molecule has 0 aliphatic heterocycles. The molecule has 58 valence electrons. The van der Waals surface area contributed by atoms with E-state index < -0.39 is 13.4 Å². The Balaban J connectivity index is 4.13. The van der Waals surface area contributed by atoms with Crippen LogP contribution in [-0.4, -0.2) is 23.6 Å². The Morgan fingerprint density at radius 3 is 1.80 bits per heavy atom. The Morgan fingerprint density at radius 1 is 1.30 bits per heavy atom. The van der Waals surface area contributed by atoms with Crippen LogP contribution in [0.25, 0.3) is 0 Å². The summed E-state index contributed by atoms with van der Waals surface area (Å²) in [4.78, 5) is 20.3. The number of alkyl halides is 2. The first kappa shape index (κ1) is 10.4. The van der Waals surface area contributed by atoms with Crippen molar-refractivity contribution >= 4 is 57.1 Å². The van der Waals surface area contributed by atoms with Crippen molar-refractivity contribution in [1.29, 1.82) is 0 Å². The molecular weight excluding hydrogens is 366 g/mol. The second kappa shape index (κ2) is 3.69. The fourth-order valence-corrected chi connectivity index (χ4v) is 0.918. The maximum atomic E-state index is 10.3. The highest BCUT2D eigenvalue weighted by Gasteiger charge is 2.34. The van der Waals surface area contributed by atoms with Gasteiger partial charge >= 0.3 is 11.9 Å². The van der Waals surface area contributed by atoms with Crippen molar-refractivity contribution in [3.63, 3.8) is 0 Å². The summed E-state index contributed by atoms with van der Waals surface area (Å²) in [5.74, 6) is -2.22. The number of carbonyl (C=O) groups is 2. The van der Waals surface area contributed by atoms with Crippen LogP contribution in [0.5, 0.6) is 0 Å². The van der Waals surface area contributed by atoms with Gasteiger partial charge in [0, 0.05) is 0 Å². The number of carboxylic acids is 2. The second-order valence-corrected chi connectivity index (χ2v) is 7.33. The minimum absolute atomic E-state index is 0.372.